The van der Waals surface area contributed by atoms with Crippen LogP contribution in [0.25, 0.3) is 0 Å². The maximum atomic E-state index is 12.2. The highest BCUT2D eigenvalue weighted by molar-refractivity contribution is 5.81. The van der Waals surface area contributed by atoms with E-state index in [2.05, 4.69) is 17.1 Å². The van der Waals surface area contributed by atoms with Crippen molar-refractivity contribution in [3.8, 4) is 0 Å². The maximum Gasteiger partial charge on any atom is 0.237 e. The summed E-state index contributed by atoms with van der Waals surface area (Å²) in [6.45, 7) is 6.66. The third-order valence-corrected chi connectivity index (χ3v) is 4.15. The lowest BCUT2D eigenvalue weighted by molar-refractivity contribution is -0.126. The molecule has 0 bridgehead atoms. The van der Waals surface area contributed by atoms with E-state index in [9.17, 15) is 4.79 Å². The molecular formula is C15H31N3O. The van der Waals surface area contributed by atoms with Gasteiger partial charge in [-0.15, -0.1) is 0 Å². The maximum absolute atomic E-state index is 12.2. The molecule has 4 nitrogen and oxygen atoms in total. The average molecular weight is 269 g/mol. The zero-order valence-corrected chi connectivity index (χ0v) is 12.7. The Morgan fingerprint density at radius 1 is 1.37 bits per heavy atom. The molecule has 1 amide bonds. The van der Waals surface area contributed by atoms with Gasteiger partial charge in [0.25, 0.3) is 0 Å². The Bertz CT molecular complexity index is 258. The Labute approximate surface area is 118 Å². The number of carbonyl (C=O) groups is 1. The van der Waals surface area contributed by atoms with Crippen molar-refractivity contribution < 1.29 is 4.79 Å². The summed E-state index contributed by atoms with van der Waals surface area (Å²) in [5.41, 5.74) is 5.87. The fourth-order valence-corrected chi connectivity index (χ4v) is 2.85. The van der Waals surface area contributed by atoms with Gasteiger partial charge in [0.15, 0.2) is 0 Å². The Balaban J connectivity index is 2.43. The van der Waals surface area contributed by atoms with E-state index < -0.39 is 0 Å². The minimum absolute atomic E-state index is 0.0479. The topological polar surface area (TPSA) is 58.4 Å². The minimum Gasteiger partial charge on any atom is -0.355 e. The fourth-order valence-electron chi connectivity index (χ4n) is 2.85. The molecule has 0 spiro atoms. The third-order valence-electron chi connectivity index (χ3n) is 4.15. The zero-order valence-electron chi connectivity index (χ0n) is 12.7. The van der Waals surface area contributed by atoms with Crippen LogP contribution in [0.5, 0.6) is 0 Å². The van der Waals surface area contributed by atoms with E-state index in [1.165, 1.54) is 32.1 Å². The lowest BCUT2D eigenvalue weighted by Gasteiger charge is -2.33. The smallest absolute Gasteiger partial charge is 0.237 e. The van der Waals surface area contributed by atoms with Gasteiger partial charge in [0, 0.05) is 19.1 Å². The van der Waals surface area contributed by atoms with Gasteiger partial charge >= 0.3 is 0 Å². The van der Waals surface area contributed by atoms with Gasteiger partial charge in [-0.3, -0.25) is 9.69 Å². The highest BCUT2D eigenvalue weighted by Crippen LogP contribution is 2.18. The monoisotopic (exact) mass is 269 g/mol. The van der Waals surface area contributed by atoms with Gasteiger partial charge < -0.3 is 11.1 Å². The summed E-state index contributed by atoms with van der Waals surface area (Å²) in [5.74, 6) is 0.163. The first-order chi connectivity index (χ1) is 9.20. The van der Waals surface area contributed by atoms with Crippen LogP contribution >= 0.6 is 0 Å². The van der Waals surface area contributed by atoms with Crippen LogP contribution in [0.1, 0.15) is 58.8 Å². The molecule has 2 unspecified atom stereocenters. The number of rotatable bonds is 7. The lowest BCUT2D eigenvalue weighted by atomic mass is 10.1. The summed E-state index contributed by atoms with van der Waals surface area (Å²) < 4.78 is 0. The van der Waals surface area contributed by atoms with Crippen LogP contribution in [0.3, 0.4) is 0 Å². The molecule has 1 aliphatic heterocycles. The first-order valence-electron chi connectivity index (χ1n) is 7.94. The lowest BCUT2D eigenvalue weighted by Crippen LogP contribution is -2.51. The number of unbranched alkanes of at least 4 members (excludes halogenated alkanes) is 2. The zero-order chi connectivity index (χ0) is 14.1. The van der Waals surface area contributed by atoms with Crippen LogP contribution in [0.4, 0.5) is 0 Å². The summed E-state index contributed by atoms with van der Waals surface area (Å²) in [7, 11) is 0. The van der Waals surface area contributed by atoms with Gasteiger partial charge in [-0.25, -0.2) is 0 Å². The molecule has 1 heterocycles. The Morgan fingerprint density at radius 3 is 2.84 bits per heavy atom. The summed E-state index contributed by atoms with van der Waals surface area (Å²) in [5, 5.41) is 3.06. The van der Waals surface area contributed by atoms with Gasteiger partial charge in [0.1, 0.15) is 0 Å². The second kappa shape index (κ2) is 9.32. The number of amides is 1. The highest BCUT2D eigenvalue weighted by atomic mass is 16.2. The first-order valence-corrected chi connectivity index (χ1v) is 7.94. The number of nitrogens with zero attached hydrogens (tertiary/aromatic N) is 1. The molecule has 1 aliphatic rings. The van der Waals surface area contributed by atoms with Gasteiger partial charge in [-0.2, -0.15) is 0 Å². The Morgan fingerprint density at radius 2 is 2.16 bits per heavy atom. The van der Waals surface area contributed by atoms with Crippen LogP contribution in [-0.2, 0) is 4.79 Å². The molecule has 0 aromatic heterocycles. The van der Waals surface area contributed by atoms with E-state index in [0.717, 1.165) is 25.9 Å². The molecule has 112 valence electrons. The van der Waals surface area contributed by atoms with Crippen molar-refractivity contribution >= 4 is 5.91 Å². The van der Waals surface area contributed by atoms with Gasteiger partial charge in [-0.1, -0.05) is 32.6 Å². The van der Waals surface area contributed by atoms with Crippen LogP contribution in [0.15, 0.2) is 0 Å². The number of hydrogen-bond donors (Lipinski definition) is 2. The van der Waals surface area contributed by atoms with Gasteiger partial charge in [0.05, 0.1) is 6.04 Å². The summed E-state index contributed by atoms with van der Waals surface area (Å²) in [6, 6.07) is 0.326. The van der Waals surface area contributed by atoms with Crippen molar-refractivity contribution in [2.75, 3.05) is 19.6 Å². The van der Waals surface area contributed by atoms with Crippen molar-refractivity contribution in [1.29, 1.82) is 0 Å². The van der Waals surface area contributed by atoms with Crippen molar-refractivity contribution in [3.05, 3.63) is 0 Å². The standard InChI is InChI=1S/C15H31N3O/c1-3-4-7-10-17-15(19)13(2)18-11-8-5-6-9-14(18)12-16/h13-14H,3-12,16H2,1-2H3,(H,17,19). The molecule has 0 aromatic carbocycles. The number of carbonyl (C=O) groups excluding carboxylic acids is 1. The number of nitrogens with one attached hydrogen (secondary N) is 1. The largest absolute Gasteiger partial charge is 0.355 e. The normalized spacial score (nSPS) is 22.8. The van der Waals surface area contributed by atoms with Gasteiger partial charge in [0.2, 0.25) is 5.91 Å². The molecule has 0 aromatic rings. The van der Waals surface area contributed by atoms with Crippen LogP contribution in [-0.4, -0.2) is 42.5 Å². The predicted octanol–water partition coefficient (Wildman–Crippen LogP) is 1.88. The number of nitrogens with two attached hydrogens (primary N) is 1. The number of likely N-dealkylation sites (tertiary alicyclic amines) is 1. The summed E-state index contributed by atoms with van der Waals surface area (Å²) in [6.07, 6.45) is 8.26. The fraction of sp³-hybridized carbons (Fsp3) is 0.933. The van der Waals surface area contributed by atoms with Crippen molar-refractivity contribution in [1.82, 2.24) is 10.2 Å². The van der Waals surface area contributed by atoms with E-state index in [1.807, 2.05) is 6.92 Å². The third kappa shape index (κ3) is 5.49. The van der Waals surface area contributed by atoms with E-state index in [1.54, 1.807) is 0 Å². The highest BCUT2D eigenvalue weighted by Gasteiger charge is 2.28. The van der Waals surface area contributed by atoms with Gasteiger partial charge in [-0.05, 0) is 32.7 Å². The first kappa shape index (κ1) is 16.4. The van der Waals surface area contributed by atoms with E-state index >= 15 is 0 Å². The summed E-state index contributed by atoms with van der Waals surface area (Å²) in [4.78, 5) is 14.5. The van der Waals surface area contributed by atoms with Crippen molar-refractivity contribution in [2.45, 2.75) is 70.9 Å². The summed E-state index contributed by atoms with van der Waals surface area (Å²) >= 11 is 0. The van der Waals surface area contributed by atoms with E-state index in [0.29, 0.717) is 12.6 Å². The van der Waals surface area contributed by atoms with Crippen molar-refractivity contribution in [2.24, 2.45) is 5.73 Å². The second-order valence-electron chi connectivity index (χ2n) is 5.65. The molecule has 2 atom stereocenters. The number of hydrogen-bond acceptors (Lipinski definition) is 3. The average Bonchev–Trinajstić information content (AvgIpc) is 2.67. The SMILES string of the molecule is CCCCCNC(=O)C(C)N1CCCCCC1CN. The quantitative estimate of drug-likeness (QED) is 0.694. The molecular weight excluding hydrogens is 238 g/mol. The van der Waals surface area contributed by atoms with Crippen LogP contribution in [0.2, 0.25) is 0 Å². The molecule has 0 aliphatic carbocycles. The van der Waals surface area contributed by atoms with Crippen LogP contribution < -0.4 is 11.1 Å². The van der Waals surface area contributed by atoms with Crippen molar-refractivity contribution in [3.63, 3.8) is 0 Å². The van der Waals surface area contributed by atoms with Crippen LogP contribution in [0, 0.1) is 0 Å². The second-order valence-corrected chi connectivity index (χ2v) is 5.65. The molecule has 1 rings (SSSR count). The molecule has 1 fully saturated rings. The molecule has 19 heavy (non-hydrogen) atoms. The molecule has 0 saturated carbocycles. The molecule has 0 radical (unpaired) electrons. The molecule has 4 heteroatoms. The minimum atomic E-state index is -0.0479. The van der Waals surface area contributed by atoms with E-state index in [-0.39, 0.29) is 11.9 Å². The molecule has 3 N–H and O–H groups in total. The predicted molar refractivity (Wildman–Crippen MR) is 80.0 cm³/mol. The van der Waals surface area contributed by atoms with E-state index in [4.69, 9.17) is 5.73 Å². The Hall–Kier alpha value is -0.610. The Kier molecular flexibility index (Phi) is 8.07. The molecule has 1 saturated heterocycles.